The van der Waals surface area contributed by atoms with Crippen molar-refractivity contribution >= 4 is 11.6 Å². The van der Waals surface area contributed by atoms with Gasteiger partial charge in [0.25, 0.3) is 5.91 Å². The van der Waals surface area contributed by atoms with E-state index in [1.807, 2.05) is 36.4 Å². The standard InChI is InChI=1S/C16H12F3NO2/c17-16(18,19)14(21)10-15(22)20-13-8-4-7-12(9-13)11-5-2-1-3-6-11/h1-10,21H,(H,20,22)/b14-10-. The van der Waals surface area contributed by atoms with E-state index in [0.29, 0.717) is 5.69 Å². The third-order valence-electron chi connectivity index (χ3n) is 2.80. The van der Waals surface area contributed by atoms with Crippen LogP contribution in [0.3, 0.4) is 0 Å². The van der Waals surface area contributed by atoms with Crippen LogP contribution in [0.1, 0.15) is 0 Å². The van der Waals surface area contributed by atoms with E-state index in [1.165, 1.54) is 0 Å². The average Bonchev–Trinajstić information content (AvgIpc) is 2.47. The lowest BCUT2D eigenvalue weighted by atomic mass is 10.1. The van der Waals surface area contributed by atoms with E-state index in [1.54, 1.807) is 18.2 Å². The fraction of sp³-hybridized carbons (Fsp3) is 0.0625. The molecule has 22 heavy (non-hydrogen) atoms. The molecule has 114 valence electrons. The highest BCUT2D eigenvalue weighted by Crippen LogP contribution is 2.24. The third-order valence-corrected chi connectivity index (χ3v) is 2.80. The minimum absolute atomic E-state index is 0.106. The topological polar surface area (TPSA) is 49.3 Å². The molecule has 2 N–H and O–H groups in total. The fourth-order valence-electron chi connectivity index (χ4n) is 1.79. The number of aliphatic hydroxyl groups excluding tert-OH is 1. The predicted molar refractivity (Wildman–Crippen MR) is 77.3 cm³/mol. The van der Waals surface area contributed by atoms with E-state index in [2.05, 4.69) is 5.32 Å². The molecule has 0 aliphatic heterocycles. The number of aliphatic hydroxyl groups is 1. The minimum Gasteiger partial charge on any atom is -0.504 e. The first-order valence-electron chi connectivity index (χ1n) is 6.30. The molecule has 2 aromatic rings. The number of carbonyl (C=O) groups is 1. The Bertz CT molecular complexity index is 694. The highest BCUT2D eigenvalue weighted by Gasteiger charge is 2.34. The van der Waals surface area contributed by atoms with Gasteiger partial charge in [-0.15, -0.1) is 0 Å². The van der Waals surface area contributed by atoms with Crippen LogP contribution in [-0.4, -0.2) is 17.2 Å². The quantitative estimate of drug-likeness (QED) is 0.656. The molecule has 2 aromatic carbocycles. The van der Waals surface area contributed by atoms with Crippen molar-refractivity contribution in [2.45, 2.75) is 6.18 Å². The van der Waals surface area contributed by atoms with E-state index in [0.717, 1.165) is 11.1 Å². The van der Waals surface area contributed by atoms with Crippen molar-refractivity contribution in [3.8, 4) is 11.1 Å². The van der Waals surface area contributed by atoms with Gasteiger partial charge >= 0.3 is 6.18 Å². The molecule has 0 unspecified atom stereocenters. The summed E-state index contributed by atoms with van der Waals surface area (Å²) in [4.78, 5) is 11.5. The van der Waals surface area contributed by atoms with Gasteiger partial charge in [-0.25, -0.2) is 0 Å². The Morgan fingerprint density at radius 1 is 1.00 bits per heavy atom. The van der Waals surface area contributed by atoms with Crippen molar-refractivity contribution in [1.29, 1.82) is 0 Å². The second-order valence-electron chi connectivity index (χ2n) is 4.46. The summed E-state index contributed by atoms with van der Waals surface area (Å²) >= 11 is 0. The molecule has 2 rings (SSSR count). The lowest BCUT2D eigenvalue weighted by molar-refractivity contribution is -0.124. The number of rotatable bonds is 3. The molecule has 0 heterocycles. The number of nitrogens with one attached hydrogen (secondary N) is 1. The maximum atomic E-state index is 12.1. The Labute approximate surface area is 124 Å². The first-order valence-corrected chi connectivity index (χ1v) is 6.30. The summed E-state index contributed by atoms with van der Waals surface area (Å²) in [5, 5.41) is 11.0. The zero-order valence-electron chi connectivity index (χ0n) is 11.3. The lowest BCUT2D eigenvalue weighted by Gasteiger charge is -2.07. The normalized spacial score (nSPS) is 12.0. The van der Waals surface area contributed by atoms with Gasteiger partial charge in [-0.3, -0.25) is 4.79 Å². The summed E-state index contributed by atoms with van der Waals surface area (Å²) in [6.07, 6.45) is -4.83. The summed E-state index contributed by atoms with van der Waals surface area (Å²) in [7, 11) is 0. The van der Waals surface area contributed by atoms with Crippen molar-refractivity contribution in [1.82, 2.24) is 0 Å². The molecule has 6 heteroatoms. The van der Waals surface area contributed by atoms with Gasteiger partial charge in [0.15, 0.2) is 0 Å². The van der Waals surface area contributed by atoms with Gasteiger partial charge in [-0.05, 0) is 23.3 Å². The van der Waals surface area contributed by atoms with Crippen molar-refractivity contribution in [2.24, 2.45) is 0 Å². The van der Waals surface area contributed by atoms with Crippen LogP contribution in [0.2, 0.25) is 0 Å². The van der Waals surface area contributed by atoms with Crippen molar-refractivity contribution < 1.29 is 23.1 Å². The summed E-state index contributed by atoms with van der Waals surface area (Å²) in [6, 6.07) is 16.0. The maximum absolute atomic E-state index is 12.1. The van der Waals surface area contributed by atoms with Crippen LogP contribution in [0.25, 0.3) is 11.1 Å². The summed E-state index contributed by atoms with van der Waals surface area (Å²) in [5.41, 5.74) is 2.05. The largest absolute Gasteiger partial charge is 0.504 e. The van der Waals surface area contributed by atoms with Gasteiger partial charge in [0.1, 0.15) is 0 Å². The van der Waals surface area contributed by atoms with Gasteiger partial charge in [0, 0.05) is 5.69 Å². The van der Waals surface area contributed by atoms with Crippen LogP contribution in [-0.2, 0) is 4.79 Å². The number of anilines is 1. The van der Waals surface area contributed by atoms with Crippen LogP contribution in [0.5, 0.6) is 0 Å². The number of alkyl halides is 3. The molecule has 0 fully saturated rings. The third kappa shape index (κ3) is 4.12. The first-order chi connectivity index (χ1) is 10.4. The van der Waals surface area contributed by atoms with Crippen LogP contribution in [0.4, 0.5) is 18.9 Å². The molecule has 0 saturated carbocycles. The van der Waals surface area contributed by atoms with Gasteiger partial charge in [0.2, 0.25) is 5.76 Å². The summed E-state index contributed by atoms with van der Waals surface area (Å²) < 4.78 is 36.4. The van der Waals surface area contributed by atoms with Gasteiger partial charge < -0.3 is 10.4 Å². The number of allylic oxidation sites excluding steroid dienone is 1. The van der Waals surface area contributed by atoms with Crippen LogP contribution >= 0.6 is 0 Å². The predicted octanol–water partition coefficient (Wildman–Crippen LogP) is 4.30. The van der Waals surface area contributed by atoms with Gasteiger partial charge in [0.05, 0.1) is 6.08 Å². The van der Waals surface area contributed by atoms with E-state index in [4.69, 9.17) is 5.11 Å². The number of amides is 1. The van der Waals surface area contributed by atoms with Crippen molar-refractivity contribution in [3.05, 3.63) is 66.4 Å². The molecule has 0 saturated heterocycles. The molecule has 0 aliphatic rings. The highest BCUT2D eigenvalue weighted by atomic mass is 19.4. The lowest BCUT2D eigenvalue weighted by Crippen LogP contribution is -2.16. The second-order valence-corrected chi connectivity index (χ2v) is 4.46. The molecule has 0 spiro atoms. The monoisotopic (exact) mass is 307 g/mol. The van der Waals surface area contributed by atoms with Crippen molar-refractivity contribution in [2.75, 3.05) is 5.32 Å². The molecule has 0 radical (unpaired) electrons. The number of halogens is 3. The molecule has 0 atom stereocenters. The Morgan fingerprint density at radius 3 is 2.27 bits per heavy atom. The molecule has 1 amide bonds. The molecule has 3 nitrogen and oxygen atoms in total. The highest BCUT2D eigenvalue weighted by molar-refractivity contribution is 6.00. The number of benzene rings is 2. The maximum Gasteiger partial charge on any atom is 0.448 e. The Balaban J connectivity index is 2.16. The number of hydrogen-bond acceptors (Lipinski definition) is 2. The summed E-state index contributed by atoms with van der Waals surface area (Å²) in [5.74, 6) is -3.00. The van der Waals surface area contributed by atoms with Crippen LogP contribution in [0.15, 0.2) is 66.4 Å². The first kappa shape index (κ1) is 15.6. The van der Waals surface area contributed by atoms with Crippen LogP contribution < -0.4 is 5.32 Å². The second kappa shape index (κ2) is 6.34. The molecule has 0 aliphatic carbocycles. The minimum atomic E-state index is -4.94. The van der Waals surface area contributed by atoms with Gasteiger partial charge in [-0.2, -0.15) is 13.2 Å². The van der Waals surface area contributed by atoms with Gasteiger partial charge in [-0.1, -0.05) is 42.5 Å². The Morgan fingerprint density at radius 2 is 1.64 bits per heavy atom. The number of hydrogen-bond donors (Lipinski definition) is 2. The average molecular weight is 307 g/mol. The zero-order chi connectivity index (χ0) is 16.2. The van der Waals surface area contributed by atoms with Crippen LogP contribution in [0, 0.1) is 0 Å². The Kier molecular flexibility index (Phi) is 4.50. The smallest absolute Gasteiger partial charge is 0.448 e. The van der Waals surface area contributed by atoms with E-state index >= 15 is 0 Å². The Hall–Kier alpha value is -2.76. The number of carbonyl (C=O) groups excluding carboxylic acids is 1. The molecule has 0 aromatic heterocycles. The molecular formula is C16H12F3NO2. The molecular weight excluding hydrogens is 295 g/mol. The van der Waals surface area contributed by atoms with E-state index < -0.39 is 17.8 Å². The van der Waals surface area contributed by atoms with E-state index in [9.17, 15) is 18.0 Å². The summed E-state index contributed by atoms with van der Waals surface area (Å²) in [6.45, 7) is 0. The zero-order valence-corrected chi connectivity index (χ0v) is 11.3. The fourth-order valence-corrected chi connectivity index (χ4v) is 1.79. The van der Waals surface area contributed by atoms with E-state index in [-0.39, 0.29) is 6.08 Å². The molecule has 0 bridgehead atoms. The van der Waals surface area contributed by atoms with Crippen molar-refractivity contribution in [3.63, 3.8) is 0 Å². The SMILES string of the molecule is O=C(/C=C(\O)C(F)(F)F)Nc1cccc(-c2ccccc2)c1.